The molecule has 0 bridgehead atoms. The number of aliphatic hydroxyl groups is 1. The summed E-state index contributed by atoms with van der Waals surface area (Å²) >= 11 is 0. The predicted octanol–water partition coefficient (Wildman–Crippen LogP) is 2.47. The Labute approximate surface area is 112 Å². The molecule has 0 spiro atoms. The zero-order valence-corrected chi connectivity index (χ0v) is 11.1. The molecule has 2 N–H and O–H groups in total. The summed E-state index contributed by atoms with van der Waals surface area (Å²) in [4.78, 5) is 10.5. The van der Waals surface area contributed by atoms with Crippen LogP contribution in [0.15, 0.2) is 18.2 Å². The lowest BCUT2D eigenvalue weighted by Gasteiger charge is -2.25. The van der Waals surface area contributed by atoms with Crippen molar-refractivity contribution in [3.05, 3.63) is 39.4 Å². The fourth-order valence-corrected chi connectivity index (χ4v) is 2.56. The number of benzene rings is 1. The number of nitrogens with zero attached hydrogens (tertiary/aromatic N) is 1. The molecule has 0 aliphatic carbocycles. The average Bonchev–Trinajstić information content (AvgIpc) is 2.40. The summed E-state index contributed by atoms with van der Waals surface area (Å²) in [5, 5.41) is 24.5. The molecular weight excluding hydrogens is 244 g/mol. The molecule has 1 saturated heterocycles. The van der Waals surface area contributed by atoms with Crippen LogP contribution in [0.5, 0.6) is 0 Å². The van der Waals surface area contributed by atoms with Crippen LogP contribution >= 0.6 is 0 Å². The van der Waals surface area contributed by atoms with E-state index in [0.717, 1.165) is 13.0 Å². The van der Waals surface area contributed by atoms with E-state index in [0.29, 0.717) is 23.6 Å². The molecule has 1 aliphatic heterocycles. The minimum absolute atomic E-state index is 0.0770. The quantitative estimate of drug-likeness (QED) is 0.647. The molecular formula is C14H20N2O3. The summed E-state index contributed by atoms with van der Waals surface area (Å²) in [6.07, 6.45) is 3.39. The Morgan fingerprint density at radius 2 is 2.32 bits per heavy atom. The van der Waals surface area contributed by atoms with Crippen molar-refractivity contribution < 1.29 is 10.0 Å². The summed E-state index contributed by atoms with van der Waals surface area (Å²) in [6, 6.07) is 5.27. The van der Waals surface area contributed by atoms with Crippen LogP contribution in [0.25, 0.3) is 0 Å². The van der Waals surface area contributed by atoms with Gasteiger partial charge in [-0.15, -0.1) is 0 Å². The van der Waals surface area contributed by atoms with E-state index in [2.05, 4.69) is 5.32 Å². The number of nitro benzene ring substituents is 1. The third-order valence-electron chi connectivity index (χ3n) is 3.73. The smallest absolute Gasteiger partial charge is 0.272 e. The van der Waals surface area contributed by atoms with Gasteiger partial charge in [-0.2, -0.15) is 0 Å². The highest BCUT2D eigenvalue weighted by Crippen LogP contribution is 2.27. The molecule has 0 aromatic heterocycles. The molecule has 5 nitrogen and oxygen atoms in total. The Hall–Kier alpha value is -1.46. The Morgan fingerprint density at radius 3 is 2.95 bits per heavy atom. The number of rotatable bonds is 4. The van der Waals surface area contributed by atoms with E-state index in [9.17, 15) is 15.2 Å². The van der Waals surface area contributed by atoms with E-state index >= 15 is 0 Å². The number of piperidine rings is 1. The van der Waals surface area contributed by atoms with Gasteiger partial charge in [0, 0.05) is 17.7 Å². The van der Waals surface area contributed by atoms with E-state index in [-0.39, 0.29) is 5.69 Å². The molecule has 0 saturated carbocycles. The minimum Gasteiger partial charge on any atom is -0.388 e. The number of hydrogen-bond acceptors (Lipinski definition) is 4. The largest absolute Gasteiger partial charge is 0.388 e. The first kappa shape index (κ1) is 14.0. The van der Waals surface area contributed by atoms with E-state index in [1.165, 1.54) is 18.9 Å². The summed E-state index contributed by atoms with van der Waals surface area (Å²) in [7, 11) is 0. The second-order valence-corrected chi connectivity index (χ2v) is 5.20. The van der Waals surface area contributed by atoms with Gasteiger partial charge in [0.2, 0.25) is 0 Å². The maximum Gasteiger partial charge on any atom is 0.272 e. The lowest BCUT2D eigenvalue weighted by molar-refractivity contribution is -0.385. The van der Waals surface area contributed by atoms with Crippen LogP contribution in [-0.4, -0.2) is 22.6 Å². The van der Waals surface area contributed by atoms with Crippen molar-refractivity contribution in [1.82, 2.24) is 5.32 Å². The highest BCUT2D eigenvalue weighted by molar-refractivity contribution is 5.43. The summed E-state index contributed by atoms with van der Waals surface area (Å²) in [6.45, 7) is 2.70. The Kier molecular flexibility index (Phi) is 4.50. The number of nitrogens with one attached hydrogen (secondary N) is 1. The Balaban J connectivity index is 2.07. The van der Waals surface area contributed by atoms with Crippen molar-refractivity contribution in [3.8, 4) is 0 Å². The predicted molar refractivity (Wildman–Crippen MR) is 73.1 cm³/mol. The van der Waals surface area contributed by atoms with Gasteiger partial charge < -0.3 is 10.4 Å². The molecule has 1 heterocycles. The molecule has 19 heavy (non-hydrogen) atoms. The van der Waals surface area contributed by atoms with Crippen LogP contribution in [-0.2, 0) is 0 Å². The Morgan fingerprint density at radius 1 is 1.53 bits per heavy atom. The maximum atomic E-state index is 10.9. The number of aryl methyl sites for hydroxylation is 1. The van der Waals surface area contributed by atoms with Gasteiger partial charge in [0.25, 0.3) is 5.69 Å². The fraction of sp³-hybridized carbons (Fsp3) is 0.571. The van der Waals surface area contributed by atoms with Gasteiger partial charge in [-0.3, -0.25) is 10.1 Å². The highest BCUT2D eigenvalue weighted by Gasteiger charge is 2.20. The standard InChI is InChI=1S/C14H20N2O3/c1-10-5-6-11(8-13(10)16(18)19)14(17)9-12-4-2-3-7-15-12/h5-6,8,12,14-15,17H,2-4,7,9H2,1H3. The maximum absolute atomic E-state index is 10.9. The zero-order chi connectivity index (χ0) is 13.8. The lowest BCUT2D eigenvalue weighted by Crippen LogP contribution is -2.35. The number of aliphatic hydroxyl groups excluding tert-OH is 1. The Bertz CT molecular complexity index is 456. The molecule has 1 fully saturated rings. The monoisotopic (exact) mass is 264 g/mol. The van der Waals surface area contributed by atoms with E-state index in [4.69, 9.17) is 0 Å². The first-order valence-corrected chi connectivity index (χ1v) is 6.74. The van der Waals surface area contributed by atoms with Gasteiger partial charge in [-0.05, 0) is 38.3 Å². The van der Waals surface area contributed by atoms with Gasteiger partial charge in [0.05, 0.1) is 11.0 Å². The molecule has 104 valence electrons. The second kappa shape index (κ2) is 6.12. The van der Waals surface area contributed by atoms with E-state index in [1.54, 1.807) is 19.1 Å². The van der Waals surface area contributed by atoms with Crippen LogP contribution in [0.1, 0.15) is 42.9 Å². The normalized spacial score (nSPS) is 21.1. The van der Waals surface area contributed by atoms with E-state index in [1.807, 2.05) is 0 Å². The van der Waals surface area contributed by atoms with Gasteiger partial charge in [0.1, 0.15) is 0 Å². The minimum atomic E-state index is -0.644. The molecule has 5 heteroatoms. The van der Waals surface area contributed by atoms with Crippen LogP contribution in [0.2, 0.25) is 0 Å². The summed E-state index contributed by atoms with van der Waals surface area (Å²) in [5.74, 6) is 0. The average molecular weight is 264 g/mol. The zero-order valence-electron chi connectivity index (χ0n) is 11.1. The number of hydrogen-bond donors (Lipinski definition) is 2. The molecule has 2 rings (SSSR count). The van der Waals surface area contributed by atoms with Gasteiger partial charge in [-0.25, -0.2) is 0 Å². The van der Waals surface area contributed by atoms with Crippen LogP contribution < -0.4 is 5.32 Å². The molecule has 2 atom stereocenters. The fourth-order valence-electron chi connectivity index (χ4n) is 2.56. The number of nitro groups is 1. The molecule has 0 radical (unpaired) electrons. The summed E-state index contributed by atoms with van der Waals surface area (Å²) in [5.41, 5.74) is 1.33. The van der Waals surface area contributed by atoms with Crippen molar-refractivity contribution in [1.29, 1.82) is 0 Å². The third-order valence-corrected chi connectivity index (χ3v) is 3.73. The van der Waals surface area contributed by atoms with Crippen LogP contribution in [0, 0.1) is 17.0 Å². The first-order chi connectivity index (χ1) is 9.08. The lowest BCUT2D eigenvalue weighted by atomic mass is 9.95. The van der Waals surface area contributed by atoms with Crippen molar-refractivity contribution in [2.75, 3.05) is 6.54 Å². The van der Waals surface area contributed by atoms with Crippen molar-refractivity contribution >= 4 is 5.69 Å². The molecule has 0 amide bonds. The van der Waals surface area contributed by atoms with Gasteiger partial charge in [0.15, 0.2) is 0 Å². The highest BCUT2D eigenvalue weighted by atomic mass is 16.6. The van der Waals surface area contributed by atoms with E-state index < -0.39 is 11.0 Å². The molecule has 1 aromatic rings. The van der Waals surface area contributed by atoms with Crippen LogP contribution in [0.4, 0.5) is 5.69 Å². The molecule has 2 unspecified atom stereocenters. The van der Waals surface area contributed by atoms with Crippen molar-refractivity contribution in [3.63, 3.8) is 0 Å². The SMILES string of the molecule is Cc1ccc(C(O)CC2CCCCN2)cc1[N+](=O)[O-]. The topological polar surface area (TPSA) is 75.4 Å². The summed E-state index contributed by atoms with van der Waals surface area (Å²) < 4.78 is 0. The van der Waals surface area contributed by atoms with Crippen LogP contribution in [0.3, 0.4) is 0 Å². The van der Waals surface area contributed by atoms with Gasteiger partial charge >= 0.3 is 0 Å². The molecule has 1 aliphatic rings. The molecule has 1 aromatic carbocycles. The first-order valence-electron chi connectivity index (χ1n) is 6.74. The van der Waals surface area contributed by atoms with Gasteiger partial charge in [-0.1, -0.05) is 18.6 Å². The van der Waals surface area contributed by atoms with Crippen molar-refractivity contribution in [2.45, 2.75) is 44.8 Å². The second-order valence-electron chi connectivity index (χ2n) is 5.20. The third kappa shape index (κ3) is 3.52. The van der Waals surface area contributed by atoms with Crippen molar-refractivity contribution in [2.24, 2.45) is 0 Å².